The van der Waals surface area contributed by atoms with Crippen LogP contribution in [0.1, 0.15) is 75.2 Å². The Morgan fingerprint density at radius 3 is 2.03 bits per heavy atom. The first-order valence-electron chi connectivity index (χ1n) is 10.3. The monoisotopic (exact) mass is 425 g/mol. The molecule has 0 saturated carbocycles. The van der Waals surface area contributed by atoms with Gasteiger partial charge in [0.15, 0.2) is 5.78 Å². The van der Waals surface area contributed by atoms with E-state index in [1.807, 2.05) is 20.8 Å². The van der Waals surface area contributed by atoms with Crippen LogP contribution in [-0.4, -0.2) is 57.2 Å². The highest BCUT2D eigenvalue weighted by atomic mass is 17.2. The van der Waals surface area contributed by atoms with Crippen molar-refractivity contribution >= 4 is 17.8 Å². The fourth-order valence-corrected chi connectivity index (χ4v) is 3.39. The fourth-order valence-electron chi connectivity index (χ4n) is 3.39. The van der Waals surface area contributed by atoms with E-state index < -0.39 is 46.6 Å². The van der Waals surface area contributed by atoms with Crippen molar-refractivity contribution in [3.05, 3.63) is 12.2 Å². The highest BCUT2D eigenvalue weighted by molar-refractivity contribution is 5.93. The minimum absolute atomic E-state index is 0.0114. The molecule has 0 aromatic heterocycles. The summed E-state index contributed by atoms with van der Waals surface area (Å²) in [5.74, 6) is -0.754. The Morgan fingerprint density at radius 2 is 1.53 bits per heavy atom. The van der Waals surface area contributed by atoms with Gasteiger partial charge in [-0.2, -0.15) is 0 Å². The molecule has 0 N–H and O–H groups in total. The summed E-state index contributed by atoms with van der Waals surface area (Å²) >= 11 is 0. The van der Waals surface area contributed by atoms with Crippen LogP contribution in [0.3, 0.4) is 0 Å². The van der Waals surface area contributed by atoms with Crippen molar-refractivity contribution in [2.24, 2.45) is 0 Å². The quantitative estimate of drug-likeness (QED) is 0.387. The number of fused-ring (bicyclic) bond motifs is 1. The zero-order chi connectivity index (χ0) is 23.1. The van der Waals surface area contributed by atoms with E-state index in [0.717, 1.165) is 0 Å². The van der Waals surface area contributed by atoms with Crippen LogP contribution in [0.2, 0.25) is 0 Å². The minimum atomic E-state index is -1.17. The third-order valence-electron chi connectivity index (χ3n) is 4.42. The van der Waals surface area contributed by atoms with Crippen LogP contribution in [0, 0.1) is 0 Å². The third-order valence-corrected chi connectivity index (χ3v) is 4.42. The van der Waals surface area contributed by atoms with Crippen molar-refractivity contribution in [3.63, 3.8) is 0 Å². The number of likely N-dealkylation sites (tertiary alicyclic amines) is 1. The van der Waals surface area contributed by atoms with Crippen molar-refractivity contribution in [2.45, 2.75) is 110 Å². The number of hydrogen-bond acceptors (Lipinski definition) is 7. The summed E-state index contributed by atoms with van der Waals surface area (Å²) in [7, 11) is 0. The van der Waals surface area contributed by atoms with Crippen LogP contribution < -0.4 is 0 Å². The molecule has 1 amide bonds. The topological polar surface area (TPSA) is 91.4 Å². The lowest BCUT2D eigenvalue weighted by Gasteiger charge is -2.38. The van der Waals surface area contributed by atoms with Crippen molar-refractivity contribution in [1.29, 1.82) is 0 Å². The molecule has 1 saturated heterocycles. The second-order valence-electron chi connectivity index (χ2n) is 10.9. The van der Waals surface area contributed by atoms with E-state index in [1.165, 1.54) is 11.0 Å². The van der Waals surface area contributed by atoms with Gasteiger partial charge in [-0.15, -0.1) is 0 Å². The van der Waals surface area contributed by atoms with Crippen molar-refractivity contribution in [1.82, 2.24) is 4.90 Å². The smallest absolute Gasteiger partial charge is 0.411 e. The van der Waals surface area contributed by atoms with Gasteiger partial charge in [-0.25, -0.2) is 19.4 Å². The van der Waals surface area contributed by atoms with Crippen molar-refractivity contribution in [3.8, 4) is 0 Å². The normalized spacial score (nSPS) is 27.1. The van der Waals surface area contributed by atoms with Crippen LogP contribution in [0.4, 0.5) is 4.79 Å². The van der Waals surface area contributed by atoms with Crippen LogP contribution in [0.15, 0.2) is 12.2 Å². The van der Waals surface area contributed by atoms with Crippen molar-refractivity contribution in [2.75, 3.05) is 0 Å². The number of carbonyl (C=O) groups excluding carboxylic acids is 3. The van der Waals surface area contributed by atoms with E-state index in [-0.39, 0.29) is 18.6 Å². The number of hydrogen-bond donors (Lipinski definition) is 0. The molecule has 30 heavy (non-hydrogen) atoms. The number of ketones is 1. The van der Waals surface area contributed by atoms with Gasteiger partial charge >= 0.3 is 12.1 Å². The average Bonchev–Trinajstić information content (AvgIpc) is 2.84. The van der Waals surface area contributed by atoms with Crippen LogP contribution in [-0.2, 0) is 28.8 Å². The molecule has 0 aromatic rings. The highest BCUT2D eigenvalue weighted by Gasteiger charge is 2.60. The van der Waals surface area contributed by atoms with Gasteiger partial charge in [-0.3, -0.25) is 9.69 Å². The summed E-state index contributed by atoms with van der Waals surface area (Å²) in [5, 5.41) is 0. The molecule has 0 aromatic carbocycles. The molecule has 170 valence electrons. The Bertz CT molecular complexity index is 723. The standard InChI is InChI=1S/C22H35NO7/c1-19(2,3)27-17(25)15-13-22(30-29-21(7,8)9)11-10-14(24)12-16(22)23(15)18(26)28-20(4,5)6/h10-11,15-16H,12-13H2,1-9H3/t15-,16+,22-/m0/s1. The van der Waals surface area contributed by atoms with Gasteiger partial charge in [0.1, 0.15) is 22.8 Å². The zero-order valence-electron chi connectivity index (χ0n) is 19.5. The number of esters is 1. The molecule has 3 atom stereocenters. The first-order valence-corrected chi connectivity index (χ1v) is 10.3. The number of rotatable bonds is 3. The lowest BCUT2D eigenvalue weighted by Crippen LogP contribution is -2.53. The molecular weight excluding hydrogens is 390 g/mol. The van der Waals surface area contributed by atoms with Crippen molar-refractivity contribution < 1.29 is 33.6 Å². The van der Waals surface area contributed by atoms with Crippen LogP contribution in [0.25, 0.3) is 0 Å². The zero-order valence-corrected chi connectivity index (χ0v) is 19.5. The Hall–Kier alpha value is -1.93. The summed E-state index contributed by atoms with van der Waals surface area (Å²) in [5.41, 5.74) is -3.32. The van der Waals surface area contributed by atoms with Gasteiger partial charge in [0, 0.05) is 12.8 Å². The molecule has 8 heteroatoms. The third kappa shape index (κ3) is 6.04. The van der Waals surface area contributed by atoms with E-state index in [1.54, 1.807) is 47.6 Å². The van der Waals surface area contributed by atoms with Gasteiger partial charge in [0.05, 0.1) is 11.6 Å². The number of nitrogens with zero attached hydrogens (tertiary/aromatic N) is 1. The molecule has 2 aliphatic rings. The summed E-state index contributed by atoms with van der Waals surface area (Å²) < 4.78 is 11.1. The lowest BCUT2D eigenvalue weighted by atomic mass is 9.85. The second kappa shape index (κ2) is 7.96. The van der Waals surface area contributed by atoms with Gasteiger partial charge < -0.3 is 9.47 Å². The predicted octanol–water partition coefficient (Wildman–Crippen LogP) is 3.72. The Morgan fingerprint density at radius 1 is 0.967 bits per heavy atom. The fraction of sp³-hybridized carbons (Fsp3) is 0.773. The Labute approximate surface area is 178 Å². The van der Waals surface area contributed by atoms with E-state index in [9.17, 15) is 14.4 Å². The van der Waals surface area contributed by atoms with E-state index in [2.05, 4.69) is 0 Å². The number of ether oxygens (including phenoxy) is 2. The largest absolute Gasteiger partial charge is 0.458 e. The van der Waals surface area contributed by atoms with Crippen LogP contribution in [0.5, 0.6) is 0 Å². The molecule has 0 bridgehead atoms. The summed E-state index contributed by atoms with van der Waals surface area (Å²) in [6.45, 7) is 15.9. The minimum Gasteiger partial charge on any atom is -0.458 e. The summed E-state index contributed by atoms with van der Waals surface area (Å²) in [6, 6.07) is -1.74. The first-order chi connectivity index (χ1) is 13.4. The SMILES string of the molecule is CC(C)(C)OO[C@]12C=CC(=O)C[C@H]1N(C(=O)OC(C)(C)C)[C@H](C(=O)OC(C)(C)C)C2. The predicted molar refractivity (Wildman–Crippen MR) is 110 cm³/mol. The second-order valence-corrected chi connectivity index (χ2v) is 10.9. The maximum Gasteiger partial charge on any atom is 0.411 e. The molecule has 1 fully saturated rings. The summed E-state index contributed by atoms with van der Waals surface area (Å²) in [6.07, 6.45) is 2.37. The molecule has 8 nitrogen and oxygen atoms in total. The number of carbonyl (C=O) groups is 3. The molecular formula is C22H35NO7. The maximum atomic E-state index is 13.1. The highest BCUT2D eigenvalue weighted by Crippen LogP contribution is 2.44. The maximum absolute atomic E-state index is 13.1. The molecule has 1 aliphatic carbocycles. The van der Waals surface area contributed by atoms with Gasteiger partial charge in [0.25, 0.3) is 0 Å². The molecule has 0 spiro atoms. The molecule has 1 heterocycles. The van der Waals surface area contributed by atoms with Gasteiger partial charge in [0.2, 0.25) is 0 Å². The number of allylic oxidation sites excluding steroid dienone is 1. The Balaban J connectivity index is 2.47. The van der Waals surface area contributed by atoms with Crippen LogP contribution >= 0.6 is 0 Å². The average molecular weight is 426 g/mol. The van der Waals surface area contributed by atoms with E-state index >= 15 is 0 Å². The molecule has 1 aliphatic heterocycles. The molecule has 2 rings (SSSR count). The lowest BCUT2D eigenvalue weighted by molar-refractivity contribution is -0.396. The summed E-state index contributed by atoms with van der Waals surface area (Å²) in [4.78, 5) is 51.1. The van der Waals surface area contributed by atoms with E-state index in [4.69, 9.17) is 19.2 Å². The van der Waals surface area contributed by atoms with E-state index in [0.29, 0.717) is 0 Å². The first kappa shape index (κ1) is 24.3. The molecule has 0 radical (unpaired) electrons. The molecule has 0 unspecified atom stereocenters. The Kier molecular flexibility index (Phi) is 6.46. The number of amides is 1. The van der Waals surface area contributed by atoms with Gasteiger partial charge in [-0.1, -0.05) is 0 Å². The van der Waals surface area contributed by atoms with Gasteiger partial charge in [-0.05, 0) is 74.5 Å².